The Morgan fingerprint density at radius 3 is 2.79 bits per heavy atom. The molecule has 3 N–H and O–H groups in total. The first-order chi connectivity index (χ1) is 13.9. The van der Waals surface area contributed by atoms with Gasteiger partial charge in [-0.25, -0.2) is 4.98 Å². The number of nitrogens with one attached hydrogen (secondary N) is 1. The molecule has 0 unspecified atom stereocenters. The van der Waals surface area contributed by atoms with Crippen LogP contribution in [-0.4, -0.2) is 37.8 Å². The lowest BCUT2D eigenvalue weighted by Crippen LogP contribution is -2.26. The van der Waals surface area contributed by atoms with Gasteiger partial charge in [-0.15, -0.1) is 0 Å². The maximum absolute atomic E-state index is 13.0. The van der Waals surface area contributed by atoms with Crippen molar-refractivity contribution in [3.63, 3.8) is 0 Å². The van der Waals surface area contributed by atoms with Gasteiger partial charge in [0.1, 0.15) is 23.6 Å². The highest BCUT2D eigenvalue weighted by molar-refractivity contribution is 6.04. The maximum Gasteiger partial charge on any atom is 0.276 e. The third-order valence-corrected chi connectivity index (χ3v) is 5.11. The van der Waals surface area contributed by atoms with Gasteiger partial charge < -0.3 is 15.0 Å². The summed E-state index contributed by atoms with van der Waals surface area (Å²) in [5.41, 5.74) is 8.34. The van der Waals surface area contributed by atoms with Gasteiger partial charge >= 0.3 is 0 Å². The zero-order valence-electron chi connectivity index (χ0n) is 16.7. The first kappa shape index (κ1) is 19.0. The highest BCUT2D eigenvalue weighted by atomic mass is 16.5. The van der Waals surface area contributed by atoms with Crippen LogP contribution in [0.2, 0.25) is 0 Å². The Balaban J connectivity index is 1.81. The van der Waals surface area contributed by atoms with Crippen LogP contribution < -0.4 is 15.8 Å². The zero-order chi connectivity index (χ0) is 20.7. The van der Waals surface area contributed by atoms with Gasteiger partial charge in [-0.05, 0) is 38.5 Å². The molecule has 0 fully saturated rings. The summed E-state index contributed by atoms with van der Waals surface area (Å²) in [6, 6.07) is 5.04. The second-order valence-corrected chi connectivity index (χ2v) is 7.21. The van der Waals surface area contributed by atoms with E-state index in [2.05, 4.69) is 22.3 Å². The summed E-state index contributed by atoms with van der Waals surface area (Å²) in [5, 5.41) is 7.27. The highest BCUT2D eigenvalue weighted by Gasteiger charge is 2.29. The van der Waals surface area contributed by atoms with E-state index in [1.54, 1.807) is 22.9 Å². The van der Waals surface area contributed by atoms with E-state index in [-0.39, 0.29) is 11.9 Å². The fourth-order valence-electron chi connectivity index (χ4n) is 3.83. The lowest BCUT2D eigenvalue weighted by atomic mass is 10.1. The number of anilines is 1. The Hall–Kier alpha value is -3.36. The fourth-order valence-corrected chi connectivity index (χ4v) is 3.83. The molecule has 0 saturated carbocycles. The van der Waals surface area contributed by atoms with E-state index in [4.69, 9.17) is 10.5 Å². The van der Waals surface area contributed by atoms with Gasteiger partial charge in [0, 0.05) is 12.1 Å². The van der Waals surface area contributed by atoms with E-state index < -0.39 is 5.91 Å². The van der Waals surface area contributed by atoms with Crippen molar-refractivity contribution in [3.8, 4) is 5.75 Å². The monoisotopic (exact) mass is 396 g/mol. The molecule has 0 spiro atoms. The molecule has 4 rings (SSSR count). The highest BCUT2D eigenvalue weighted by Crippen LogP contribution is 2.38. The van der Waals surface area contributed by atoms with Crippen LogP contribution in [0.5, 0.6) is 5.75 Å². The van der Waals surface area contributed by atoms with Crippen molar-refractivity contribution >= 4 is 28.8 Å². The molecule has 2 aromatic heterocycles. The van der Waals surface area contributed by atoms with E-state index in [9.17, 15) is 9.59 Å². The van der Waals surface area contributed by atoms with Crippen LogP contribution >= 0.6 is 0 Å². The van der Waals surface area contributed by atoms with Crippen molar-refractivity contribution in [3.05, 3.63) is 35.2 Å². The number of carbonyl (C=O) groups is 2. The molecule has 0 radical (unpaired) electrons. The summed E-state index contributed by atoms with van der Waals surface area (Å²) in [5.74, 6) is 0.143. The van der Waals surface area contributed by atoms with Crippen LogP contribution in [-0.2, 0) is 6.54 Å². The van der Waals surface area contributed by atoms with E-state index in [1.165, 1.54) is 0 Å². The number of rotatable bonds is 6. The van der Waals surface area contributed by atoms with Crippen LogP contribution in [0.25, 0.3) is 11.0 Å². The van der Waals surface area contributed by atoms with Gasteiger partial charge in [0.25, 0.3) is 5.91 Å². The van der Waals surface area contributed by atoms with Gasteiger partial charge in [-0.2, -0.15) is 5.10 Å². The van der Waals surface area contributed by atoms with Crippen molar-refractivity contribution < 1.29 is 14.3 Å². The maximum atomic E-state index is 13.0. The number of aryl methyl sites for hydroxylation is 2. The molecule has 29 heavy (non-hydrogen) atoms. The molecule has 0 bridgehead atoms. The Morgan fingerprint density at radius 2 is 2.10 bits per heavy atom. The molecule has 2 amide bonds. The Bertz CT molecular complexity index is 1110. The van der Waals surface area contributed by atoms with Gasteiger partial charge in [-0.3, -0.25) is 19.6 Å². The number of benzene rings is 1. The number of hydrogen-bond donors (Lipinski definition) is 2. The van der Waals surface area contributed by atoms with Crippen LogP contribution in [0.1, 0.15) is 59.3 Å². The van der Waals surface area contributed by atoms with Gasteiger partial charge in [0.05, 0.1) is 17.3 Å². The van der Waals surface area contributed by atoms with Crippen molar-refractivity contribution in [1.29, 1.82) is 0 Å². The molecule has 3 aromatic rings. The van der Waals surface area contributed by atoms with Crippen LogP contribution in [0.15, 0.2) is 18.2 Å². The second-order valence-electron chi connectivity index (χ2n) is 7.21. The number of primary amides is 1. The third kappa shape index (κ3) is 3.22. The number of hydrogen-bond acceptors (Lipinski definition) is 5. The molecule has 9 heteroatoms. The average molecular weight is 396 g/mol. The largest absolute Gasteiger partial charge is 0.489 e. The minimum absolute atomic E-state index is 0.0325. The zero-order valence-corrected chi connectivity index (χ0v) is 16.7. The van der Waals surface area contributed by atoms with Crippen LogP contribution in [0, 0.1) is 6.92 Å². The van der Waals surface area contributed by atoms with E-state index in [1.807, 2.05) is 18.4 Å². The molecule has 0 aliphatic carbocycles. The fraction of sp³-hybridized carbons (Fsp3) is 0.400. The van der Waals surface area contributed by atoms with E-state index in [0.29, 0.717) is 41.6 Å². The van der Waals surface area contributed by atoms with E-state index in [0.717, 1.165) is 24.1 Å². The average Bonchev–Trinajstić information content (AvgIpc) is 3.25. The topological polar surface area (TPSA) is 117 Å². The summed E-state index contributed by atoms with van der Waals surface area (Å²) >= 11 is 0. The summed E-state index contributed by atoms with van der Waals surface area (Å²) < 4.78 is 9.56. The van der Waals surface area contributed by atoms with Crippen molar-refractivity contribution in [2.45, 2.75) is 46.2 Å². The summed E-state index contributed by atoms with van der Waals surface area (Å²) in [6.45, 7) is 6.90. The molecule has 1 aliphatic rings. The van der Waals surface area contributed by atoms with E-state index >= 15 is 0 Å². The number of nitrogens with zero attached hydrogens (tertiary/aromatic N) is 4. The standard InChI is InChI=1S/C20H24N6O3/c1-4-6-13-10-29-16-9-12(18(21)27)8-14-17(16)26(13)20(22-14)23-19(28)15-7-11(3)24-25(15)5-2/h7-9,13H,4-6,10H2,1-3H3,(H2,21,27)(H,22,23,28)/t13-/m0/s1. The first-order valence-electron chi connectivity index (χ1n) is 9.77. The minimum atomic E-state index is -0.551. The molecule has 152 valence electrons. The molecule has 1 aromatic carbocycles. The van der Waals surface area contributed by atoms with Crippen LogP contribution in [0.4, 0.5) is 5.95 Å². The van der Waals surface area contributed by atoms with Gasteiger partial charge in [0.15, 0.2) is 0 Å². The van der Waals surface area contributed by atoms with Crippen molar-refractivity contribution in [2.24, 2.45) is 5.73 Å². The van der Waals surface area contributed by atoms with Crippen molar-refractivity contribution in [2.75, 3.05) is 11.9 Å². The first-order valence-corrected chi connectivity index (χ1v) is 9.77. The second kappa shape index (κ2) is 7.23. The van der Waals surface area contributed by atoms with Gasteiger partial charge in [-0.1, -0.05) is 13.3 Å². The number of aromatic nitrogens is 4. The predicted octanol–water partition coefficient (Wildman–Crippen LogP) is 2.65. The molecule has 0 saturated heterocycles. The quantitative estimate of drug-likeness (QED) is 0.664. The normalized spacial score (nSPS) is 15.3. The third-order valence-electron chi connectivity index (χ3n) is 5.11. The number of nitrogens with two attached hydrogens (primary N) is 1. The Kier molecular flexibility index (Phi) is 4.73. The Labute approximate surface area is 167 Å². The number of ether oxygens (including phenoxy) is 1. The molecule has 9 nitrogen and oxygen atoms in total. The number of carbonyl (C=O) groups excluding carboxylic acids is 2. The Morgan fingerprint density at radius 1 is 1.31 bits per heavy atom. The molecular weight excluding hydrogens is 372 g/mol. The SMILES string of the molecule is CCC[C@H]1COc2cc(C(N)=O)cc3nc(NC(=O)c4cc(C)nn4CC)n1c23. The number of amides is 2. The predicted molar refractivity (Wildman–Crippen MR) is 108 cm³/mol. The molecule has 3 heterocycles. The summed E-state index contributed by atoms with van der Waals surface area (Å²) in [6.07, 6.45) is 1.83. The lowest BCUT2D eigenvalue weighted by molar-refractivity contribution is 0.0995. The lowest BCUT2D eigenvalue weighted by Gasteiger charge is -2.27. The summed E-state index contributed by atoms with van der Waals surface area (Å²) in [7, 11) is 0. The van der Waals surface area contributed by atoms with Crippen molar-refractivity contribution in [1.82, 2.24) is 19.3 Å². The molecule has 1 atom stereocenters. The number of imidazole rings is 1. The minimum Gasteiger partial charge on any atom is -0.489 e. The summed E-state index contributed by atoms with van der Waals surface area (Å²) in [4.78, 5) is 29.2. The van der Waals surface area contributed by atoms with Crippen LogP contribution in [0.3, 0.4) is 0 Å². The molecule has 1 aliphatic heterocycles. The smallest absolute Gasteiger partial charge is 0.276 e. The molecular formula is C20H24N6O3. The van der Waals surface area contributed by atoms with Gasteiger partial charge in [0.2, 0.25) is 11.9 Å².